The summed E-state index contributed by atoms with van der Waals surface area (Å²) in [6, 6.07) is 22.9. The maximum Gasteiger partial charge on any atom is 0.157 e. The molecule has 2 fully saturated rings. The second kappa shape index (κ2) is 10.7. The predicted molar refractivity (Wildman–Crippen MR) is 183 cm³/mol. The Morgan fingerprint density at radius 1 is 0.870 bits per heavy atom. The average Bonchev–Trinajstić information content (AvgIpc) is 3.44. The van der Waals surface area contributed by atoms with Crippen molar-refractivity contribution in [1.82, 2.24) is 24.9 Å². The van der Waals surface area contributed by atoms with Crippen LogP contribution in [0.4, 0.5) is 22.7 Å². The summed E-state index contributed by atoms with van der Waals surface area (Å²) < 4.78 is 6.12. The Morgan fingerprint density at radius 3 is 2.50 bits per heavy atom. The quantitative estimate of drug-likeness (QED) is 0.166. The van der Waals surface area contributed by atoms with E-state index in [0.717, 1.165) is 74.0 Å². The zero-order valence-corrected chi connectivity index (χ0v) is 26.3. The van der Waals surface area contributed by atoms with Crippen molar-refractivity contribution < 1.29 is 4.74 Å². The van der Waals surface area contributed by atoms with Gasteiger partial charge in [-0.25, -0.2) is 4.98 Å². The number of hydrogen-bond donors (Lipinski definition) is 3. The topological polar surface area (TPSA) is 101 Å². The first-order valence-corrected chi connectivity index (χ1v) is 15.8. The average molecular weight is 606 g/mol. The summed E-state index contributed by atoms with van der Waals surface area (Å²) in [5.74, 6) is 4.56. The molecule has 1 aliphatic carbocycles. The van der Waals surface area contributed by atoms with Crippen molar-refractivity contribution in [2.75, 3.05) is 10.6 Å². The summed E-state index contributed by atoms with van der Waals surface area (Å²) in [6.07, 6.45) is 10.3. The lowest BCUT2D eigenvalue weighted by atomic mass is 9.83. The Bertz CT molecular complexity index is 2170. The van der Waals surface area contributed by atoms with Crippen molar-refractivity contribution >= 4 is 44.7 Å². The van der Waals surface area contributed by atoms with Gasteiger partial charge in [0.25, 0.3) is 0 Å². The van der Waals surface area contributed by atoms with Crippen LogP contribution in [0.2, 0.25) is 0 Å². The molecule has 8 heteroatoms. The van der Waals surface area contributed by atoms with Crippen LogP contribution in [0.15, 0.2) is 79.1 Å². The molecule has 46 heavy (non-hydrogen) atoms. The highest BCUT2D eigenvalue weighted by atomic mass is 16.5. The minimum Gasteiger partial charge on any atom is -0.362 e. The molecule has 5 heterocycles. The third-order valence-corrected chi connectivity index (χ3v) is 9.86. The molecule has 1 aliphatic heterocycles. The molecule has 0 spiro atoms. The number of benzene rings is 2. The molecule has 8 rings (SSSR count). The number of ether oxygens (including phenoxy) is 1. The van der Waals surface area contributed by atoms with E-state index in [1.165, 1.54) is 5.56 Å². The van der Waals surface area contributed by atoms with Crippen molar-refractivity contribution in [3.05, 3.63) is 96.1 Å². The van der Waals surface area contributed by atoms with Gasteiger partial charge in [0.1, 0.15) is 11.8 Å². The van der Waals surface area contributed by atoms with Crippen LogP contribution in [0.1, 0.15) is 37.2 Å². The van der Waals surface area contributed by atoms with E-state index in [-0.39, 0.29) is 17.6 Å². The Labute approximate surface area is 268 Å². The molecule has 0 radical (unpaired) electrons. The first kappa shape index (κ1) is 28.2. The molecule has 0 bridgehead atoms. The monoisotopic (exact) mass is 605 g/mol. The molecule has 8 nitrogen and oxygen atoms in total. The number of nitrogens with zero attached hydrogens (tertiary/aromatic N) is 4. The Morgan fingerprint density at radius 2 is 1.70 bits per heavy atom. The lowest BCUT2D eigenvalue weighted by molar-refractivity contribution is -0.0238. The third kappa shape index (κ3) is 4.75. The zero-order valence-electron chi connectivity index (χ0n) is 26.3. The van der Waals surface area contributed by atoms with E-state index < -0.39 is 0 Å². The van der Waals surface area contributed by atoms with Crippen LogP contribution < -0.4 is 10.6 Å². The van der Waals surface area contributed by atoms with Gasteiger partial charge in [-0.2, -0.15) is 0 Å². The molecule has 6 aromatic rings. The van der Waals surface area contributed by atoms with Crippen LogP contribution in [-0.4, -0.2) is 37.1 Å². The van der Waals surface area contributed by atoms with E-state index in [9.17, 15) is 0 Å². The normalized spacial score (nSPS) is 23.5. The molecule has 5 atom stereocenters. The largest absolute Gasteiger partial charge is 0.362 e. The second-order valence-corrected chi connectivity index (χ2v) is 12.8. The first-order chi connectivity index (χ1) is 22.3. The highest BCUT2D eigenvalue weighted by Gasteiger charge is 2.67. The second-order valence-electron chi connectivity index (χ2n) is 12.8. The van der Waals surface area contributed by atoms with Crippen molar-refractivity contribution in [1.29, 1.82) is 0 Å². The van der Waals surface area contributed by atoms with Crippen LogP contribution >= 0.6 is 0 Å². The molecule has 0 unspecified atom stereocenters. The van der Waals surface area contributed by atoms with Gasteiger partial charge in [0.2, 0.25) is 0 Å². The Kier molecular flexibility index (Phi) is 6.55. The summed E-state index contributed by atoms with van der Waals surface area (Å²) in [4.78, 5) is 22.1. The number of fused-ring (bicyclic) bond motifs is 3. The minimum atomic E-state index is -0.160. The summed E-state index contributed by atoms with van der Waals surface area (Å²) in [6.45, 7) is 8.49. The van der Waals surface area contributed by atoms with E-state index in [1.807, 2.05) is 56.4 Å². The number of hydrogen-bond acceptors (Lipinski definition) is 7. The molecule has 1 saturated heterocycles. The van der Waals surface area contributed by atoms with Crippen LogP contribution in [0, 0.1) is 38.0 Å². The van der Waals surface area contributed by atoms with E-state index in [1.54, 1.807) is 6.20 Å². The molecule has 4 aromatic heterocycles. The van der Waals surface area contributed by atoms with E-state index >= 15 is 0 Å². The predicted octanol–water partition coefficient (Wildman–Crippen LogP) is 7.99. The molecular formula is C38H35N7O. The molecule has 0 amide bonds. The first-order valence-electron chi connectivity index (χ1n) is 15.8. The van der Waals surface area contributed by atoms with E-state index in [0.29, 0.717) is 11.8 Å². The zero-order chi connectivity index (χ0) is 31.6. The van der Waals surface area contributed by atoms with Gasteiger partial charge < -0.3 is 20.4 Å². The SMILES string of the molecule is C#C[C@H]1C[C@@]2(c3ccc4nc(C)cc(Nc5ccc(-c6nc7ccc(Nc8ccnc(C)c8)cc7[nH]6)nc5)c4c3)[C@@H]([C@H]2C)[C@@H](C)O1. The lowest BCUT2D eigenvalue weighted by Gasteiger charge is -2.31. The van der Waals surface area contributed by atoms with Crippen LogP contribution in [0.5, 0.6) is 0 Å². The Balaban J connectivity index is 1.06. The highest BCUT2D eigenvalue weighted by Crippen LogP contribution is 2.67. The van der Waals surface area contributed by atoms with Crippen LogP contribution in [0.25, 0.3) is 33.5 Å². The number of aryl methyl sites for hydroxylation is 2. The smallest absolute Gasteiger partial charge is 0.157 e. The number of anilines is 4. The third-order valence-electron chi connectivity index (χ3n) is 9.86. The van der Waals surface area contributed by atoms with Crippen LogP contribution in [-0.2, 0) is 10.2 Å². The number of pyridine rings is 3. The molecule has 1 saturated carbocycles. The van der Waals surface area contributed by atoms with E-state index in [2.05, 4.69) is 70.7 Å². The maximum atomic E-state index is 6.12. The van der Waals surface area contributed by atoms with Gasteiger partial charge in [-0.15, -0.1) is 6.42 Å². The van der Waals surface area contributed by atoms with Gasteiger partial charge in [0, 0.05) is 45.4 Å². The summed E-state index contributed by atoms with van der Waals surface area (Å²) in [7, 11) is 0. The fourth-order valence-electron chi connectivity index (χ4n) is 7.70. The summed E-state index contributed by atoms with van der Waals surface area (Å²) >= 11 is 0. The summed E-state index contributed by atoms with van der Waals surface area (Å²) in [5.41, 5.74) is 10.7. The van der Waals surface area contributed by atoms with Crippen molar-refractivity contribution in [2.45, 2.75) is 51.7 Å². The molecule has 228 valence electrons. The number of imidazole rings is 1. The number of rotatable bonds is 6. The van der Waals surface area contributed by atoms with Crippen molar-refractivity contribution in [3.63, 3.8) is 0 Å². The summed E-state index contributed by atoms with van der Waals surface area (Å²) in [5, 5.41) is 8.14. The van der Waals surface area contributed by atoms with Crippen LogP contribution in [0.3, 0.4) is 0 Å². The van der Waals surface area contributed by atoms with Gasteiger partial charge >= 0.3 is 0 Å². The fourth-order valence-corrected chi connectivity index (χ4v) is 7.70. The number of aromatic nitrogens is 5. The molecule has 3 N–H and O–H groups in total. The van der Waals surface area contributed by atoms with Crippen molar-refractivity contribution in [3.8, 4) is 23.9 Å². The van der Waals surface area contributed by atoms with Gasteiger partial charge in [-0.1, -0.05) is 18.9 Å². The number of aromatic amines is 1. The number of terminal acetylenes is 1. The van der Waals surface area contributed by atoms with Gasteiger partial charge in [-0.05, 0) is 105 Å². The van der Waals surface area contributed by atoms with Gasteiger partial charge in [-0.3, -0.25) is 15.0 Å². The standard InChI is InChI=1S/C38H35N7O/c1-6-29-19-38(23(4)36(38)24(5)46-29)25-7-10-31-30(17-25)34(16-22(3)41-31)43-28-9-12-33(40-20-28)37-44-32-11-8-26(18-35(32)45-37)42-27-13-14-39-21(2)15-27/h1,7-18,20,23-24,29,36H,19H2,2-5H3,(H,39,42)(H,41,43)(H,44,45)/t23-,24-,29+,36+,38-/m1/s1. The molecule has 2 aliphatic rings. The minimum absolute atomic E-state index is 0.0374. The van der Waals surface area contributed by atoms with Gasteiger partial charge in [0.15, 0.2) is 5.82 Å². The molecule has 2 aromatic carbocycles. The number of H-pyrrole nitrogens is 1. The fraction of sp³-hybridized carbons (Fsp3) is 0.263. The van der Waals surface area contributed by atoms with Crippen molar-refractivity contribution in [2.24, 2.45) is 11.8 Å². The lowest BCUT2D eigenvalue weighted by Crippen LogP contribution is -2.34. The molecular weight excluding hydrogens is 570 g/mol. The highest BCUT2D eigenvalue weighted by molar-refractivity contribution is 5.94. The van der Waals surface area contributed by atoms with E-state index in [4.69, 9.17) is 26.1 Å². The number of nitrogens with one attached hydrogen (secondary N) is 3. The Hall–Kier alpha value is -5.26. The van der Waals surface area contributed by atoms with Gasteiger partial charge in [0.05, 0.1) is 34.5 Å². The maximum absolute atomic E-state index is 6.12.